The lowest BCUT2D eigenvalue weighted by molar-refractivity contribution is -0.166. The van der Waals surface area contributed by atoms with Gasteiger partial charge in [0.2, 0.25) is 5.91 Å². The van der Waals surface area contributed by atoms with Gasteiger partial charge in [0.1, 0.15) is 17.0 Å². The van der Waals surface area contributed by atoms with E-state index in [1.807, 2.05) is 20.8 Å². The molecule has 2 unspecified atom stereocenters. The third-order valence-electron chi connectivity index (χ3n) is 5.17. The minimum atomic E-state index is -1.02. The van der Waals surface area contributed by atoms with E-state index < -0.39 is 16.8 Å². The molecule has 134 valence electrons. The standard InChI is InChI=1S/C18H23FN4O2/c1-4-25-15-9-18(20,17(15,2)3)16(24)22-12-10-21-23(11-12)14-8-6-5-7-13(14)19/h5-8,10-11,15H,4,9,20H2,1-3H3,(H,22,24). The fourth-order valence-electron chi connectivity index (χ4n) is 3.22. The number of nitrogens with two attached hydrogens (primary N) is 1. The fraction of sp³-hybridized carbons (Fsp3) is 0.444. The van der Waals surface area contributed by atoms with Crippen LogP contribution < -0.4 is 11.1 Å². The van der Waals surface area contributed by atoms with Crippen LogP contribution >= 0.6 is 0 Å². The Kier molecular flexibility index (Phi) is 4.38. The first-order valence-corrected chi connectivity index (χ1v) is 8.31. The van der Waals surface area contributed by atoms with Crippen molar-refractivity contribution in [2.45, 2.75) is 38.8 Å². The van der Waals surface area contributed by atoms with E-state index in [1.165, 1.54) is 16.9 Å². The Bertz CT molecular complexity index is 789. The normalized spacial score (nSPS) is 24.6. The van der Waals surface area contributed by atoms with Gasteiger partial charge in [-0.05, 0) is 19.1 Å². The number of anilines is 1. The quantitative estimate of drug-likeness (QED) is 0.871. The number of halogens is 1. The van der Waals surface area contributed by atoms with Gasteiger partial charge in [-0.1, -0.05) is 26.0 Å². The second kappa shape index (κ2) is 6.24. The van der Waals surface area contributed by atoms with Crippen LogP contribution in [0, 0.1) is 11.2 Å². The monoisotopic (exact) mass is 346 g/mol. The topological polar surface area (TPSA) is 82.2 Å². The van der Waals surface area contributed by atoms with Crippen LogP contribution in [0.1, 0.15) is 27.2 Å². The lowest BCUT2D eigenvalue weighted by Gasteiger charge is -2.57. The molecule has 2 atom stereocenters. The zero-order valence-corrected chi connectivity index (χ0v) is 14.6. The van der Waals surface area contributed by atoms with Crippen LogP contribution in [0.4, 0.5) is 10.1 Å². The van der Waals surface area contributed by atoms with Crippen LogP contribution in [0.25, 0.3) is 5.69 Å². The van der Waals surface area contributed by atoms with Crippen LogP contribution in [0.2, 0.25) is 0 Å². The molecule has 3 rings (SSSR count). The van der Waals surface area contributed by atoms with Gasteiger partial charge in [-0.25, -0.2) is 9.07 Å². The number of hydrogen-bond donors (Lipinski definition) is 2. The largest absolute Gasteiger partial charge is 0.378 e. The highest BCUT2D eigenvalue weighted by molar-refractivity contribution is 5.99. The number of rotatable bonds is 5. The van der Waals surface area contributed by atoms with E-state index in [1.54, 1.807) is 24.4 Å². The molecule has 3 N–H and O–H groups in total. The van der Waals surface area contributed by atoms with Crippen molar-refractivity contribution in [1.82, 2.24) is 9.78 Å². The van der Waals surface area contributed by atoms with Crippen LogP contribution in [-0.4, -0.2) is 33.9 Å². The van der Waals surface area contributed by atoms with Crippen molar-refractivity contribution in [3.05, 3.63) is 42.5 Å². The SMILES string of the molecule is CCOC1CC(N)(C(=O)Nc2cnn(-c3ccccc3F)c2)C1(C)C. The molecule has 1 saturated carbocycles. The number of benzene rings is 1. The zero-order valence-electron chi connectivity index (χ0n) is 14.6. The molecule has 0 radical (unpaired) electrons. The first kappa shape index (κ1) is 17.6. The molecule has 1 aliphatic rings. The van der Waals surface area contributed by atoms with E-state index in [4.69, 9.17) is 10.5 Å². The molecule has 1 aromatic heterocycles. The van der Waals surface area contributed by atoms with Gasteiger partial charge in [0.05, 0.1) is 24.2 Å². The molecule has 1 amide bonds. The second-order valence-electron chi connectivity index (χ2n) is 6.92. The first-order chi connectivity index (χ1) is 11.8. The summed E-state index contributed by atoms with van der Waals surface area (Å²) in [5, 5.41) is 6.89. The van der Waals surface area contributed by atoms with E-state index in [2.05, 4.69) is 10.4 Å². The zero-order chi connectivity index (χ0) is 18.2. The van der Waals surface area contributed by atoms with Crippen molar-refractivity contribution >= 4 is 11.6 Å². The molecule has 1 fully saturated rings. The predicted molar refractivity (Wildman–Crippen MR) is 92.9 cm³/mol. The van der Waals surface area contributed by atoms with Crippen LogP contribution in [0.5, 0.6) is 0 Å². The summed E-state index contributed by atoms with van der Waals surface area (Å²) in [4.78, 5) is 12.7. The Balaban J connectivity index is 1.74. The Morgan fingerprint density at radius 1 is 1.48 bits per heavy atom. The molecule has 1 aliphatic carbocycles. The minimum Gasteiger partial charge on any atom is -0.378 e. The highest BCUT2D eigenvalue weighted by Crippen LogP contribution is 2.50. The highest BCUT2D eigenvalue weighted by atomic mass is 19.1. The summed E-state index contributed by atoms with van der Waals surface area (Å²) in [5.74, 6) is -0.681. The maximum atomic E-state index is 13.8. The first-order valence-electron chi connectivity index (χ1n) is 8.31. The van der Waals surface area contributed by atoms with Crippen molar-refractivity contribution in [1.29, 1.82) is 0 Å². The summed E-state index contributed by atoms with van der Waals surface area (Å²) in [6, 6.07) is 6.30. The number of para-hydroxylation sites is 1. The molecule has 0 saturated heterocycles. The van der Waals surface area contributed by atoms with Crippen molar-refractivity contribution in [3.63, 3.8) is 0 Å². The van der Waals surface area contributed by atoms with Gasteiger partial charge < -0.3 is 15.8 Å². The molecule has 7 heteroatoms. The lowest BCUT2D eigenvalue weighted by atomic mass is 9.54. The van der Waals surface area contributed by atoms with Crippen molar-refractivity contribution in [3.8, 4) is 5.69 Å². The Morgan fingerprint density at radius 2 is 2.20 bits per heavy atom. The maximum Gasteiger partial charge on any atom is 0.245 e. The van der Waals surface area contributed by atoms with Gasteiger partial charge in [-0.3, -0.25) is 4.79 Å². The smallest absolute Gasteiger partial charge is 0.245 e. The highest BCUT2D eigenvalue weighted by Gasteiger charge is 2.62. The second-order valence-corrected chi connectivity index (χ2v) is 6.92. The molecule has 25 heavy (non-hydrogen) atoms. The number of carbonyl (C=O) groups is 1. The van der Waals surface area contributed by atoms with Gasteiger partial charge in [-0.2, -0.15) is 5.10 Å². The Hall–Kier alpha value is -2.25. The maximum absolute atomic E-state index is 13.8. The molecular weight excluding hydrogens is 323 g/mol. The number of hydrogen-bond acceptors (Lipinski definition) is 4. The number of nitrogens with one attached hydrogen (secondary N) is 1. The Labute approximate surface area is 146 Å². The third-order valence-corrected chi connectivity index (χ3v) is 5.17. The van der Waals surface area contributed by atoms with E-state index in [9.17, 15) is 9.18 Å². The van der Waals surface area contributed by atoms with Crippen molar-refractivity contribution < 1.29 is 13.9 Å². The summed E-state index contributed by atoms with van der Waals surface area (Å²) < 4.78 is 20.9. The molecular formula is C18H23FN4O2. The van der Waals surface area contributed by atoms with E-state index >= 15 is 0 Å². The van der Waals surface area contributed by atoms with Gasteiger partial charge in [0.25, 0.3) is 0 Å². The number of amides is 1. The average Bonchev–Trinajstić information content (AvgIpc) is 3.03. The molecule has 0 spiro atoms. The summed E-state index contributed by atoms with van der Waals surface area (Å²) >= 11 is 0. The summed E-state index contributed by atoms with van der Waals surface area (Å²) in [5.41, 5.74) is 5.63. The molecule has 1 aromatic carbocycles. The van der Waals surface area contributed by atoms with Crippen LogP contribution in [0.3, 0.4) is 0 Å². The molecule has 2 aromatic rings. The van der Waals surface area contributed by atoms with Gasteiger partial charge in [0, 0.05) is 18.4 Å². The average molecular weight is 346 g/mol. The number of carbonyl (C=O) groups excluding carboxylic acids is 1. The summed E-state index contributed by atoms with van der Waals surface area (Å²) in [7, 11) is 0. The van der Waals surface area contributed by atoms with E-state index in [0.717, 1.165) is 0 Å². The fourth-order valence-corrected chi connectivity index (χ4v) is 3.22. The molecule has 0 aliphatic heterocycles. The van der Waals surface area contributed by atoms with E-state index in [-0.39, 0.29) is 12.0 Å². The van der Waals surface area contributed by atoms with Crippen LogP contribution in [-0.2, 0) is 9.53 Å². The summed E-state index contributed by atoms with van der Waals surface area (Å²) in [6.07, 6.45) is 3.45. The number of aromatic nitrogens is 2. The van der Waals surface area contributed by atoms with Gasteiger partial charge >= 0.3 is 0 Å². The van der Waals surface area contributed by atoms with Crippen molar-refractivity contribution in [2.75, 3.05) is 11.9 Å². The van der Waals surface area contributed by atoms with Crippen LogP contribution in [0.15, 0.2) is 36.7 Å². The predicted octanol–water partition coefficient (Wildman–Crippen LogP) is 2.48. The summed E-state index contributed by atoms with van der Waals surface area (Å²) in [6.45, 7) is 6.36. The Morgan fingerprint density at radius 3 is 2.84 bits per heavy atom. The van der Waals surface area contributed by atoms with Gasteiger partial charge in [0.15, 0.2) is 0 Å². The molecule has 0 bridgehead atoms. The number of nitrogens with zero attached hydrogens (tertiary/aromatic N) is 2. The van der Waals surface area contributed by atoms with Crippen molar-refractivity contribution in [2.24, 2.45) is 11.1 Å². The molecule has 6 nitrogen and oxygen atoms in total. The van der Waals surface area contributed by atoms with Gasteiger partial charge in [-0.15, -0.1) is 0 Å². The third kappa shape index (κ3) is 2.83. The van der Waals surface area contributed by atoms with E-state index in [0.29, 0.717) is 24.4 Å². The number of ether oxygens (including phenoxy) is 1. The molecule has 1 heterocycles. The minimum absolute atomic E-state index is 0.0469. The lowest BCUT2D eigenvalue weighted by Crippen LogP contribution is -2.74.